The summed E-state index contributed by atoms with van der Waals surface area (Å²) < 4.78 is 14.9. The first-order chi connectivity index (χ1) is 7.67. The van der Waals surface area contributed by atoms with Gasteiger partial charge in [-0.2, -0.15) is 0 Å². The van der Waals surface area contributed by atoms with Crippen LogP contribution < -0.4 is 5.32 Å². The van der Waals surface area contributed by atoms with Gasteiger partial charge in [-0.25, -0.2) is 4.39 Å². The molecule has 1 aromatic rings. The van der Waals surface area contributed by atoms with Gasteiger partial charge in [-0.3, -0.25) is 0 Å². The van der Waals surface area contributed by atoms with E-state index in [9.17, 15) is 4.39 Å². The highest BCUT2D eigenvalue weighted by Gasteiger charge is 2.48. The summed E-state index contributed by atoms with van der Waals surface area (Å²) >= 11 is 0. The van der Waals surface area contributed by atoms with Gasteiger partial charge in [0.1, 0.15) is 5.67 Å². The Labute approximate surface area is 96.1 Å². The van der Waals surface area contributed by atoms with Gasteiger partial charge >= 0.3 is 0 Å². The lowest BCUT2D eigenvalue weighted by Gasteiger charge is -2.21. The Kier molecular flexibility index (Phi) is 2.28. The maximum absolute atomic E-state index is 14.9. The zero-order valence-corrected chi connectivity index (χ0v) is 9.67. The molecule has 3 rings (SSSR count). The second kappa shape index (κ2) is 3.56. The van der Waals surface area contributed by atoms with E-state index in [0.717, 1.165) is 18.7 Å². The summed E-state index contributed by atoms with van der Waals surface area (Å²) in [5.74, 6) is 1.10. The molecule has 2 fully saturated rings. The van der Waals surface area contributed by atoms with Crippen LogP contribution in [0.3, 0.4) is 0 Å². The van der Waals surface area contributed by atoms with Crippen LogP contribution in [0.15, 0.2) is 24.3 Å². The third-order valence-corrected chi connectivity index (χ3v) is 4.22. The molecule has 0 radical (unpaired) electrons. The monoisotopic (exact) mass is 219 g/mol. The number of alkyl halides is 1. The van der Waals surface area contributed by atoms with E-state index in [-0.39, 0.29) is 0 Å². The number of benzene rings is 1. The minimum Gasteiger partial charge on any atom is -0.316 e. The summed E-state index contributed by atoms with van der Waals surface area (Å²) in [6.45, 7) is 4.05. The molecule has 1 aliphatic heterocycles. The number of halogens is 1. The molecule has 86 valence electrons. The summed E-state index contributed by atoms with van der Waals surface area (Å²) in [5.41, 5.74) is 1.02. The van der Waals surface area contributed by atoms with Crippen molar-refractivity contribution in [1.82, 2.24) is 5.32 Å². The Bertz CT molecular complexity index is 372. The zero-order valence-electron chi connectivity index (χ0n) is 9.67. The van der Waals surface area contributed by atoms with E-state index in [4.69, 9.17) is 0 Å². The second-order valence-electron chi connectivity index (χ2n) is 5.42. The van der Waals surface area contributed by atoms with E-state index in [0.29, 0.717) is 24.7 Å². The first-order valence-corrected chi connectivity index (χ1v) is 6.14. The summed E-state index contributed by atoms with van der Waals surface area (Å²) in [4.78, 5) is 0. The van der Waals surface area contributed by atoms with Gasteiger partial charge in [-0.05, 0) is 50.3 Å². The van der Waals surface area contributed by atoms with Gasteiger partial charge in [0.2, 0.25) is 0 Å². The first-order valence-electron chi connectivity index (χ1n) is 6.14. The number of hydrogen-bond acceptors (Lipinski definition) is 1. The molecule has 1 N–H and O–H groups in total. The van der Waals surface area contributed by atoms with Crippen LogP contribution in [0, 0.1) is 18.8 Å². The third-order valence-electron chi connectivity index (χ3n) is 4.22. The molecule has 1 nitrogen and oxygen atoms in total. The second-order valence-corrected chi connectivity index (χ2v) is 5.42. The van der Waals surface area contributed by atoms with E-state index < -0.39 is 5.67 Å². The predicted molar refractivity (Wildman–Crippen MR) is 63.0 cm³/mol. The standard InChI is InChI=1S/C14H18FN/c1-10-2-4-13(5-3-10)14(15)6-11-8-16-9-12(11)7-14/h2-5,11-12,16H,6-9H2,1H3. The molecule has 0 amide bonds. The minimum absolute atomic E-state index is 0.548. The van der Waals surface area contributed by atoms with Crippen LogP contribution in [-0.2, 0) is 5.67 Å². The van der Waals surface area contributed by atoms with E-state index >= 15 is 0 Å². The van der Waals surface area contributed by atoms with Crippen LogP contribution in [0.5, 0.6) is 0 Å². The van der Waals surface area contributed by atoms with Crippen molar-refractivity contribution in [2.75, 3.05) is 13.1 Å². The van der Waals surface area contributed by atoms with Crippen LogP contribution in [0.2, 0.25) is 0 Å². The molecule has 1 aromatic carbocycles. The number of fused-ring (bicyclic) bond motifs is 1. The van der Waals surface area contributed by atoms with Gasteiger partial charge in [0.15, 0.2) is 0 Å². The Morgan fingerprint density at radius 3 is 2.25 bits per heavy atom. The number of hydrogen-bond donors (Lipinski definition) is 1. The van der Waals surface area contributed by atoms with Crippen molar-refractivity contribution in [3.8, 4) is 0 Å². The van der Waals surface area contributed by atoms with Gasteiger partial charge in [0, 0.05) is 0 Å². The molecular formula is C14H18FN. The topological polar surface area (TPSA) is 12.0 Å². The van der Waals surface area contributed by atoms with Crippen LogP contribution >= 0.6 is 0 Å². The van der Waals surface area contributed by atoms with Crippen molar-refractivity contribution in [3.63, 3.8) is 0 Å². The zero-order chi connectivity index (χ0) is 11.2. The van der Waals surface area contributed by atoms with E-state index in [1.54, 1.807) is 0 Å². The van der Waals surface area contributed by atoms with Gasteiger partial charge in [-0.1, -0.05) is 29.8 Å². The van der Waals surface area contributed by atoms with Crippen LogP contribution in [0.4, 0.5) is 4.39 Å². The summed E-state index contributed by atoms with van der Waals surface area (Å²) in [7, 11) is 0. The van der Waals surface area contributed by atoms with Gasteiger partial charge in [0.05, 0.1) is 0 Å². The maximum atomic E-state index is 14.9. The molecule has 1 saturated heterocycles. The quantitative estimate of drug-likeness (QED) is 0.766. The van der Waals surface area contributed by atoms with E-state index in [1.165, 1.54) is 5.56 Å². The van der Waals surface area contributed by atoms with Gasteiger partial charge < -0.3 is 5.32 Å². The fraction of sp³-hybridized carbons (Fsp3) is 0.571. The molecule has 2 atom stereocenters. The summed E-state index contributed by atoms with van der Waals surface area (Å²) in [5, 5.41) is 3.36. The van der Waals surface area contributed by atoms with Gasteiger partial charge in [-0.15, -0.1) is 0 Å². The predicted octanol–water partition coefficient (Wildman–Crippen LogP) is 2.79. The Balaban J connectivity index is 1.86. The highest BCUT2D eigenvalue weighted by atomic mass is 19.1. The number of nitrogens with one attached hydrogen (secondary N) is 1. The molecule has 0 spiro atoms. The Morgan fingerprint density at radius 2 is 1.69 bits per heavy atom. The largest absolute Gasteiger partial charge is 0.316 e. The fourth-order valence-corrected chi connectivity index (χ4v) is 3.27. The average molecular weight is 219 g/mol. The third kappa shape index (κ3) is 1.56. The van der Waals surface area contributed by atoms with Crippen molar-refractivity contribution in [2.45, 2.75) is 25.4 Å². The van der Waals surface area contributed by atoms with Crippen LogP contribution in [0.25, 0.3) is 0 Å². The normalized spacial score (nSPS) is 37.6. The lowest BCUT2D eigenvalue weighted by atomic mass is 9.92. The smallest absolute Gasteiger partial charge is 0.136 e. The lowest BCUT2D eigenvalue weighted by molar-refractivity contribution is 0.161. The average Bonchev–Trinajstić information content (AvgIpc) is 2.77. The highest BCUT2D eigenvalue weighted by Crippen LogP contribution is 2.49. The molecule has 0 aromatic heterocycles. The maximum Gasteiger partial charge on any atom is 0.136 e. The molecule has 2 aliphatic rings. The Morgan fingerprint density at radius 1 is 1.12 bits per heavy atom. The molecule has 2 heteroatoms. The first kappa shape index (κ1) is 10.3. The SMILES string of the molecule is Cc1ccc(C2(F)CC3CNCC3C2)cc1. The highest BCUT2D eigenvalue weighted by molar-refractivity contribution is 5.28. The van der Waals surface area contributed by atoms with Crippen molar-refractivity contribution >= 4 is 0 Å². The van der Waals surface area contributed by atoms with Crippen molar-refractivity contribution < 1.29 is 4.39 Å². The van der Waals surface area contributed by atoms with Crippen LogP contribution in [0.1, 0.15) is 24.0 Å². The molecular weight excluding hydrogens is 201 g/mol. The number of aryl methyl sites for hydroxylation is 1. The summed E-state index contributed by atoms with van der Waals surface area (Å²) in [6.07, 6.45) is 1.40. The molecule has 1 saturated carbocycles. The van der Waals surface area contributed by atoms with E-state index in [1.807, 2.05) is 31.2 Å². The minimum atomic E-state index is -1.06. The molecule has 0 bridgehead atoms. The molecule has 16 heavy (non-hydrogen) atoms. The lowest BCUT2D eigenvalue weighted by Crippen LogP contribution is -2.21. The van der Waals surface area contributed by atoms with Gasteiger partial charge in [0.25, 0.3) is 0 Å². The Hall–Kier alpha value is -0.890. The van der Waals surface area contributed by atoms with Crippen molar-refractivity contribution in [1.29, 1.82) is 0 Å². The van der Waals surface area contributed by atoms with Crippen molar-refractivity contribution in [2.24, 2.45) is 11.8 Å². The number of rotatable bonds is 1. The van der Waals surface area contributed by atoms with Crippen molar-refractivity contribution in [3.05, 3.63) is 35.4 Å². The van der Waals surface area contributed by atoms with Crippen LogP contribution in [-0.4, -0.2) is 13.1 Å². The van der Waals surface area contributed by atoms with E-state index in [2.05, 4.69) is 5.32 Å². The fourth-order valence-electron chi connectivity index (χ4n) is 3.27. The molecule has 1 aliphatic carbocycles. The molecule has 2 unspecified atom stereocenters. The summed E-state index contributed by atoms with van der Waals surface area (Å²) in [6, 6.07) is 7.96. The molecule has 1 heterocycles.